The van der Waals surface area contributed by atoms with Crippen LogP contribution in [0.5, 0.6) is 0 Å². The monoisotopic (exact) mass is 406 g/mol. The van der Waals surface area contributed by atoms with E-state index in [2.05, 4.69) is 5.32 Å². The lowest BCUT2D eigenvalue weighted by molar-refractivity contribution is 0.0526. The first-order valence-electron chi connectivity index (χ1n) is 9.30. The molecule has 0 radical (unpaired) electrons. The lowest BCUT2D eigenvalue weighted by Gasteiger charge is -2.27. The van der Waals surface area contributed by atoms with Crippen LogP contribution in [0.3, 0.4) is 0 Å². The number of rotatable bonds is 5. The minimum absolute atomic E-state index is 0.0800. The van der Waals surface area contributed by atoms with Crippen molar-refractivity contribution in [2.24, 2.45) is 0 Å². The molecule has 29 heavy (non-hydrogen) atoms. The van der Waals surface area contributed by atoms with Gasteiger partial charge >= 0.3 is 5.97 Å². The summed E-state index contributed by atoms with van der Waals surface area (Å²) < 4.78 is 5.02. The Morgan fingerprint density at radius 3 is 2.41 bits per heavy atom. The molecule has 1 N–H and O–H groups in total. The molecular weight excluding hydrogens is 388 g/mol. The average Bonchev–Trinajstić information content (AvgIpc) is 3.01. The molecule has 3 aromatic carbocycles. The van der Waals surface area contributed by atoms with E-state index in [1.807, 2.05) is 36.4 Å². The number of hydrogen-bond acceptors (Lipinski definition) is 4. The van der Waals surface area contributed by atoms with Crippen LogP contribution in [0.15, 0.2) is 72.8 Å². The van der Waals surface area contributed by atoms with E-state index < -0.39 is 0 Å². The Bertz CT molecular complexity index is 1050. The van der Waals surface area contributed by atoms with Gasteiger partial charge in [0.2, 0.25) is 0 Å². The molecule has 0 saturated heterocycles. The average molecular weight is 407 g/mol. The SMILES string of the molecule is CCOC(=O)c1ccc(N[C@H]2c3ccccc3C(=O)N2c2ccc(Cl)cc2)cc1. The topological polar surface area (TPSA) is 58.6 Å². The van der Waals surface area contributed by atoms with Crippen molar-refractivity contribution in [1.29, 1.82) is 0 Å². The highest BCUT2D eigenvalue weighted by atomic mass is 35.5. The van der Waals surface area contributed by atoms with Gasteiger partial charge in [-0.1, -0.05) is 29.8 Å². The third kappa shape index (κ3) is 3.69. The molecule has 0 bridgehead atoms. The third-order valence-electron chi connectivity index (χ3n) is 4.77. The zero-order valence-electron chi connectivity index (χ0n) is 15.8. The molecule has 0 spiro atoms. The molecule has 3 aromatic rings. The zero-order valence-corrected chi connectivity index (χ0v) is 16.5. The van der Waals surface area contributed by atoms with Gasteiger partial charge in [0.15, 0.2) is 0 Å². The second-order valence-corrected chi connectivity index (χ2v) is 7.02. The molecule has 0 saturated carbocycles. The quantitative estimate of drug-likeness (QED) is 0.585. The number of halogens is 1. The lowest BCUT2D eigenvalue weighted by Crippen LogP contribution is -2.32. The molecule has 0 aliphatic carbocycles. The van der Waals surface area contributed by atoms with Gasteiger partial charge in [0.25, 0.3) is 5.91 Å². The van der Waals surface area contributed by atoms with Gasteiger partial charge < -0.3 is 10.1 Å². The van der Waals surface area contributed by atoms with Crippen molar-refractivity contribution >= 4 is 34.9 Å². The van der Waals surface area contributed by atoms with Crippen molar-refractivity contribution in [2.75, 3.05) is 16.8 Å². The lowest BCUT2D eigenvalue weighted by atomic mass is 10.1. The summed E-state index contributed by atoms with van der Waals surface area (Å²) in [4.78, 5) is 26.7. The zero-order chi connectivity index (χ0) is 20.4. The Balaban J connectivity index is 1.66. The summed E-state index contributed by atoms with van der Waals surface area (Å²) in [7, 11) is 0. The Hall–Kier alpha value is -3.31. The number of anilines is 2. The Morgan fingerprint density at radius 2 is 1.72 bits per heavy atom. The minimum atomic E-state index is -0.381. The van der Waals surface area contributed by atoms with Gasteiger partial charge in [-0.2, -0.15) is 0 Å². The predicted octanol–water partition coefficient (Wildman–Crippen LogP) is 5.29. The van der Waals surface area contributed by atoms with Crippen molar-refractivity contribution in [1.82, 2.24) is 0 Å². The van der Waals surface area contributed by atoms with Gasteiger partial charge in [-0.3, -0.25) is 9.69 Å². The number of nitrogens with zero attached hydrogens (tertiary/aromatic N) is 1. The molecule has 0 aromatic heterocycles. The molecule has 6 heteroatoms. The number of ether oxygens (including phenoxy) is 1. The van der Waals surface area contributed by atoms with Crippen molar-refractivity contribution in [3.8, 4) is 0 Å². The minimum Gasteiger partial charge on any atom is -0.462 e. The van der Waals surface area contributed by atoms with Crippen molar-refractivity contribution in [2.45, 2.75) is 13.1 Å². The summed E-state index contributed by atoms with van der Waals surface area (Å²) in [5.74, 6) is -0.438. The highest BCUT2D eigenvalue weighted by Gasteiger charge is 2.37. The van der Waals surface area contributed by atoms with Crippen LogP contribution in [0, 0.1) is 0 Å². The van der Waals surface area contributed by atoms with Gasteiger partial charge in [-0.05, 0) is 61.5 Å². The van der Waals surface area contributed by atoms with E-state index >= 15 is 0 Å². The van der Waals surface area contributed by atoms with Crippen LogP contribution in [-0.2, 0) is 4.74 Å². The maximum atomic E-state index is 13.1. The van der Waals surface area contributed by atoms with E-state index in [0.29, 0.717) is 22.8 Å². The number of amides is 1. The second kappa shape index (κ2) is 7.97. The van der Waals surface area contributed by atoms with E-state index in [4.69, 9.17) is 16.3 Å². The van der Waals surface area contributed by atoms with E-state index in [1.54, 1.807) is 48.2 Å². The molecule has 5 nitrogen and oxygen atoms in total. The van der Waals surface area contributed by atoms with Crippen LogP contribution >= 0.6 is 11.6 Å². The van der Waals surface area contributed by atoms with Crippen LogP contribution in [0.25, 0.3) is 0 Å². The first-order chi connectivity index (χ1) is 14.1. The van der Waals surface area contributed by atoms with Gasteiger partial charge in [-0.15, -0.1) is 0 Å². The summed E-state index contributed by atoms with van der Waals surface area (Å²) in [6.45, 7) is 2.10. The fraction of sp³-hybridized carbons (Fsp3) is 0.130. The standard InChI is InChI=1S/C23H19ClN2O3/c1-2-29-23(28)15-7-11-17(12-8-15)25-21-19-5-3-4-6-20(19)22(27)26(21)18-13-9-16(24)10-14-18/h3-14,21,25H,2H2,1H3/t21-/m1/s1. The van der Waals surface area contributed by atoms with Gasteiger partial charge in [0.05, 0.1) is 12.2 Å². The maximum Gasteiger partial charge on any atom is 0.338 e. The number of fused-ring (bicyclic) bond motifs is 1. The van der Waals surface area contributed by atoms with Gasteiger partial charge in [0.1, 0.15) is 6.17 Å². The summed E-state index contributed by atoms with van der Waals surface area (Å²) >= 11 is 6.02. The number of carbonyl (C=O) groups is 2. The van der Waals surface area contributed by atoms with Crippen molar-refractivity contribution in [3.05, 3.63) is 94.5 Å². The highest BCUT2D eigenvalue weighted by molar-refractivity contribution is 6.30. The molecule has 1 heterocycles. The van der Waals surface area contributed by atoms with Crippen LogP contribution in [0.4, 0.5) is 11.4 Å². The molecule has 1 aliphatic heterocycles. The molecule has 146 valence electrons. The number of nitrogens with one attached hydrogen (secondary N) is 1. The smallest absolute Gasteiger partial charge is 0.338 e. The van der Waals surface area contributed by atoms with E-state index in [0.717, 1.165) is 16.9 Å². The Morgan fingerprint density at radius 1 is 1.03 bits per heavy atom. The van der Waals surface area contributed by atoms with Crippen LogP contribution in [0.2, 0.25) is 5.02 Å². The molecule has 0 fully saturated rings. The molecule has 1 amide bonds. The molecule has 0 unspecified atom stereocenters. The first-order valence-corrected chi connectivity index (χ1v) is 9.68. The largest absolute Gasteiger partial charge is 0.462 e. The van der Waals surface area contributed by atoms with Crippen molar-refractivity contribution in [3.63, 3.8) is 0 Å². The highest BCUT2D eigenvalue weighted by Crippen LogP contribution is 2.38. The van der Waals surface area contributed by atoms with E-state index in [9.17, 15) is 9.59 Å². The Labute approximate surface area is 173 Å². The first kappa shape index (κ1) is 19.0. The molecular formula is C23H19ClN2O3. The number of hydrogen-bond donors (Lipinski definition) is 1. The van der Waals surface area contributed by atoms with E-state index in [-0.39, 0.29) is 18.0 Å². The maximum absolute atomic E-state index is 13.1. The van der Waals surface area contributed by atoms with Crippen LogP contribution in [0.1, 0.15) is 39.4 Å². The van der Waals surface area contributed by atoms with Crippen LogP contribution in [-0.4, -0.2) is 18.5 Å². The van der Waals surface area contributed by atoms with Gasteiger partial charge in [-0.25, -0.2) is 4.79 Å². The fourth-order valence-electron chi connectivity index (χ4n) is 3.40. The summed E-state index contributed by atoms with van der Waals surface area (Å²) in [5.41, 5.74) is 3.56. The predicted molar refractivity (Wildman–Crippen MR) is 113 cm³/mol. The summed E-state index contributed by atoms with van der Waals surface area (Å²) in [6.07, 6.45) is -0.381. The summed E-state index contributed by atoms with van der Waals surface area (Å²) in [6, 6.07) is 21.7. The number of benzene rings is 3. The van der Waals surface area contributed by atoms with E-state index in [1.165, 1.54) is 0 Å². The van der Waals surface area contributed by atoms with Gasteiger partial charge in [0, 0.05) is 27.5 Å². The van der Waals surface area contributed by atoms with Crippen molar-refractivity contribution < 1.29 is 14.3 Å². The normalized spacial score (nSPS) is 15.2. The third-order valence-corrected chi connectivity index (χ3v) is 5.02. The molecule has 1 atom stereocenters. The Kier molecular flexibility index (Phi) is 5.23. The fourth-order valence-corrected chi connectivity index (χ4v) is 3.53. The summed E-state index contributed by atoms with van der Waals surface area (Å²) in [5, 5.41) is 4.02. The number of esters is 1. The van der Waals surface area contributed by atoms with Crippen LogP contribution < -0.4 is 10.2 Å². The molecule has 1 aliphatic rings. The second-order valence-electron chi connectivity index (χ2n) is 6.58. The number of carbonyl (C=O) groups excluding carboxylic acids is 2. The molecule has 4 rings (SSSR count).